The van der Waals surface area contributed by atoms with Crippen LogP contribution in [0.5, 0.6) is 5.75 Å². The first-order chi connectivity index (χ1) is 13.4. The molecular formula is C21H29N3O4S. The number of amides is 1. The van der Waals surface area contributed by atoms with Crippen LogP contribution >= 0.6 is 0 Å². The highest BCUT2D eigenvalue weighted by Gasteiger charge is 2.24. The maximum Gasteiger partial charge on any atom is 0.254 e. The zero-order valence-corrected chi connectivity index (χ0v) is 19.1. The van der Waals surface area contributed by atoms with Crippen molar-refractivity contribution in [2.75, 3.05) is 28.3 Å². The molecule has 0 radical (unpaired) electrons. The number of pyridine rings is 1. The van der Waals surface area contributed by atoms with Gasteiger partial charge in [0.1, 0.15) is 5.75 Å². The van der Waals surface area contributed by atoms with Gasteiger partial charge < -0.3 is 9.64 Å². The van der Waals surface area contributed by atoms with Crippen LogP contribution in [0, 0.1) is 27.7 Å². The molecule has 0 bridgehead atoms. The minimum Gasteiger partial charge on any atom is -0.496 e. The molecule has 0 fully saturated rings. The Labute approximate surface area is 173 Å². The summed E-state index contributed by atoms with van der Waals surface area (Å²) in [6.07, 6.45) is 1.72. The Balaban J connectivity index is 2.42. The van der Waals surface area contributed by atoms with Crippen molar-refractivity contribution >= 4 is 15.9 Å². The van der Waals surface area contributed by atoms with Gasteiger partial charge in [0.05, 0.1) is 24.2 Å². The van der Waals surface area contributed by atoms with Crippen LogP contribution < -0.4 is 4.74 Å². The molecule has 1 aromatic carbocycles. The number of hydrogen-bond acceptors (Lipinski definition) is 5. The first kappa shape index (κ1) is 22.8. The highest BCUT2D eigenvalue weighted by atomic mass is 32.2. The average molecular weight is 420 g/mol. The molecule has 7 nitrogen and oxygen atoms in total. The second-order valence-corrected chi connectivity index (χ2v) is 9.53. The van der Waals surface area contributed by atoms with E-state index in [2.05, 4.69) is 4.98 Å². The highest BCUT2D eigenvalue weighted by molar-refractivity contribution is 7.89. The number of ether oxygens (including phenoxy) is 1. The van der Waals surface area contributed by atoms with E-state index < -0.39 is 10.0 Å². The molecule has 0 unspecified atom stereocenters. The summed E-state index contributed by atoms with van der Waals surface area (Å²) in [5, 5.41) is 0. The summed E-state index contributed by atoms with van der Waals surface area (Å²) >= 11 is 0. The van der Waals surface area contributed by atoms with E-state index in [0.717, 1.165) is 32.4 Å². The summed E-state index contributed by atoms with van der Waals surface area (Å²) in [7, 11) is 2.57. The molecule has 1 aromatic heterocycles. The summed E-state index contributed by atoms with van der Waals surface area (Å²) < 4.78 is 31.9. The van der Waals surface area contributed by atoms with Crippen LogP contribution in [0.1, 0.15) is 38.3 Å². The van der Waals surface area contributed by atoms with Gasteiger partial charge in [-0.1, -0.05) is 0 Å². The first-order valence-corrected chi connectivity index (χ1v) is 10.6. The Morgan fingerprint density at radius 2 is 1.66 bits per heavy atom. The Morgan fingerprint density at radius 1 is 1.03 bits per heavy atom. The lowest BCUT2D eigenvalue weighted by atomic mass is 10.0. The van der Waals surface area contributed by atoms with Crippen LogP contribution in [0.4, 0.5) is 0 Å². The SMILES string of the molecule is COc1c(C)cnc(CN(C)C(=O)c2cc(C)c(C)c(S(=O)(=O)N(C)C)c2)c1C. The predicted molar refractivity (Wildman–Crippen MR) is 113 cm³/mol. The number of sulfonamides is 1. The van der Waals surface area contributed by atoms with Crippen molar-refractivity contribution in [3.05, 3.63) is 51.8 Å². The summed E-state index contributed by atoms with van der Waals surface area (Å²) in [5.41, 5.74) is 4.24. The third-order valence-electron chi connectivity index (χ3n) is 5.11. The molecule has 0 aliphatic carbocycles. The topological polar surface area (TPSA) is 79.8 Å². The van der Waals surface area contributed by atoms with Gasteiger partial charge in [-0.15, -0.1) is 0 Å². The van der Waals surface area contributed by atoms with Crippen molar-refractivity contribution in [2.45, 2.75) is 39.1 Å². The molecule has 1 heterocycles. The summed E-state index contributed by atoms with van der Waals surface area (Å²) in [4.78, 5) is 19.2. The number of aromatic nitrogens is 1. The number of methoxy groups -OCH3 is 1. The van der Waals surface area contributed by atoms with E-state index in [1.54, 1.807) is 40.3 Å². The lowest BCUT2D eigenvalue weighted by Gasteiger charge is -2.21. The van der Waals surface area contributed by atoms with Crippen molar-refractivity contribution < 1.29 is 17.9 Å². The maximum atomic E-state index is 13.1. The van der Waals surface area contributed by atoms with Gasteiger partial charge in [0, 0.05) is 44.0 Å². The number of carbonyl (C=O) groups is 1. The fourth-order valence-electron chi connectivity index (χ4n) is 3.16. The molecular weight excluding hydrogens is 390 g/mol. The molecule has 1 amide bonds. The van der Waals surface area contributed by atoms with Gasteiger partial charge in [-0.2, -0.15) is 0 Å². The fourth-order valence-corrected chi connectivity index (χ4v) is 4.38. The average Bonchev–Trinajstić information content (AvgIpc) is 2.65. The van der Waals surface area contributed by atoms with Gasteiger partial charge in [0.25, 0.3) is 5.91 Å². The summed E-state index contributed by atoms with van der Waals surface area (Å²) in [5.74, 6) is 0.477. The van der Waals surface area contributed by atoms with Crippen molar-refractivity contribution in [3.63, 3.8) is 0 Å². The van der Waals surface area contributed by atoms with E-state index in [1.165, 1.54) is 25.1 Å². The molecule has 0 N–H and O–H groups in total. The van der Waals surface area contributed by atoms with E-state index >= 15 is 0 Å². The minimum atomic E-state index is -3.66. The lowest BCUT2D eigenvalue weighted by molar-refractivity contribution is 0.0782. The normalized spacial score (nSPS) is 11.6. The molecule has 0 aliphatic heterocycles. The predicted octanol–water partition coefficient (Wildman–Crippen LogP) is 2.85. The number of rotatable bonds is 6. The van der Waals surface area contributed by atoms with Crippen molar-refractivity contribution in [1.29, 1.82) is 0 Å². The third-order valence-corrected chi connectivity index (χ3v) is 7.05. The van der Waals surface area contributed by atoms with Crippen LogP contribution in [-0.2, 0) is 16.6 Å². The van der Waals surface area contributed by atoms with E-state index in [0.29, 0.717) is 11.1 Å². The van der Waals surface area contributed by atoms with Gasteiger partial charge in [0.2, 0.25) is 10.0 Å². The molecule has 2 rings (SSSR count). The van der Waals surface area contributed by atoms with Gasteiger partial charge in [-0.3, -0.25) is 9.78 Å². The quantitative estimate of drug-likeness (QED) is 0.719. The zero-order chi connectivity index (χ0) is 22.1. The van der Waals surface area contributed by atoms with Crippen molar-refractivity contribution in [2.24, 2.45) is 0 Å². The number of hydrogen-bond donors (Lipinski definition) is 0. The largest absolute Gasteiger partial charge is 0.496 e. The number of benzene rings is 1. The van der Waals surface area contributed by atoms with E-state index in [-0.39, 0.29) is 17.3 Å². The van der Waals surface area contributed by atoms with Gasteiger partial charge in [-0.25, -0.2) is 12.7 Å². The van der Waals surface area contributed by atoms with Crippen molar-refractivity contribution in [1.82, 2.24) is 14.2 Å². The van der Waals surface area contributed by atoms with Gasteiger partial charge in [0.15, 0.2) is 0 Å². The Kier molecular flexibility index (Phi) is 6.70. The molecule has 29 heavy (non-hydrogen) atoms. The second-order valence-electron chi connectivity index (χ2n) is 7.41. The third kappa shape index (κ3) is 4.43. The highest BCUT2D eigenvalue weighted by Crippen LogP contribution is 2.26. The van der Waals surface area contributed by atoms with E-state index in [1.807, 2.05) is 13.8 Å². The Hall–Kier alpha value is -2.45. The number of nitrogens with zero attached hydrogens (tertiary/aromatic N) is 3. The minimum absolute atomic E-state index is 0.144. The van der Waals surface area contributed by atoms with Crippen LogP contribution in [0.15, 0.2) is 23.2 Å². The molecule has 0 saturated carbocycles. The lowest BCUT2D eigenvalue weighted by Crippen LogP contribution is -2.28. The number of carbonyl (C=O) groups excluding carboxylic acids is 1. The van der Waals surface area contributed by atoms with Crippen LogP contribution in [-0.4, -0.2) is 56.8 Å². The monoisotopic (exact) mass is 419 g/mol. The molecule has 0 aliphatic rings. The van der Waals surface area contributed by atoms with Crippen LogP contribution in [0.2, 0.25) is 0 Å². The molecule has 158 valence electrons. The van der Waals surface area contributed by atoms with Gasteiger partial charge in [-0.05, 0) is 51.0 Å². The maximum absolute atomic E-state index is 13.1. The molecule has 2 aromatic rings. The van der Waals surface area contributed by atoms with E-state index in [4.69, 9.17) is 4.74 Å². The smallest absolute Gasteiger partial charge is 0.254 e. The molecule has 0 saturated heterocycles. The number of aryl methyl sites for hydroxylation is 2. The Morgan fingerprint density at radius 3 is 2.21 bits per heavy atom. The molecule has 0 atom stereocenters. The fraction of sp³-hybridized carbons (Fsp3) is 0.429. The Bertz CT molecular complexity index is 1050. The first-order valence-electron chi connectivity index (χ1n) is 9.20. The second kappa shape index (κ2) is 8.51. The van der Waals surface area contributed by atoms with Gasteiger partial charge >= 0.3 is 0 Å². The molecule has 0 spiro atoms. The zero-order valence-electron chi connectivity index (χ0n) is 18.3. The summed E-state index contributed by atoms with van der Waals surface area (Å²) in [6.45, 7) is 7.65. The van der Waals surface area contributed by atoms with Crippen molar-refractivity contribution in [3.8, 4) is 5.75 Å². The summed E-state index contributed by atoms with van der Waals surface area (Å²) in [6, 6.07) is 3.17. The van der Waals surface area contributed by atoms with Crippen LogP contribution in [0.3, 0.4) is 0 Å². The molecule has 8 heteroatoms. The standard InChI is InChI=1S/C21H29N3O4S/c1-13-9-17(10-19(15(13)3)29(26,27)23(5)6)21(25)24(7)12-18-16(4)20(28-8)14(2)11-22-18/h9-11H,12H2,1-8H3. The van der Waals surface area contributed by atoms with E-state index in [9.17, 15) is 13.2 Å². The van der Waals surface area contributed by atoms with Crippen LogP contribution in [0.25, 0.3) is 0 Å².